The molecule has 0 bridgehead atoms. The Bertz CT molecular complexity index is 480. The first-order valence-electron chi connectivity index (χ1n) is 5.90. The maximum Gasteiger partial charge on any atom is 0.0420 e. The zero-order chi connectivity index (χ0) is 12.1. The molecule has 0 spiro atoms. The molecule has 0 atom stereocenters. The van der Waals surface area contributed by atoms with Crippen LogP contribution in [0, 0.1) is 0 Å². The SMILES string of the molecule is CCCNc1ccc(Br)cc1-c1ccccc1. The van der Waals surface area contributed by atoms with Gasteiger partial charge < -0.3 is 5.32 Å². The van der Waals surface area contributed by atoms with Crippen LogP contribution in [0.3, 0.4) is 0 Å². The Morgan fingerprint density at radius 1 is 1.06 bits per heavy atom. The van der Waals surface area contributed by atoms with E-state index in [1.54, 1.807) is 0 Å². The van der Waals surface area contributed by atoms with E-state index in [0.29, 0.717) is 0 Å². The summed E-state index contributed by atoms with van der Waals surface area (Å²) in [6, 6.07) is 16.8. The fourth-order valence-electron chi connectivity index (χ4n) is 1.79. The monoisotopic (exact) mass is 289 g/mol. The third kappa shape index (κ3) is 3.10. The maximum atomic E-state index is 3.53. The van der Waals surface area contributed by atoms with E-state index in [1.165, 1.54) is 16.8 Å². The summed E-state index contributed by atoms with van der Waals surface area (Å²) in [5.74, 6) is 0. The lowest BCUT2D eigenvalue weighted by molar-refractivity contribution is 0.980. The molecule has 1 N–H and O–H groups in total. The molecule has 0 aliphatic heterocycles. The summed E-state index contributed by atoms with van der Waals surface area (Å²) in [5.41, 5.74) is 3.68. The topological polar surface area (TPSA) is 12.0 Å². The van der Waals surface area contributed by atoms with Gasteiger partial charge in [-0.05, 0) is 30.2 Å². The molecule has 0 radical (unpaired) electrons. The molecule has 1 nitrogen and oxygen atoms in total. The number of nitrogens with one attached hydrogen (secondary N) is 1. The fourth-order valence-corrected chi connectivity index (χ4v) is 2.15. The normalized spacial score (nSPS) is 10.2. The van der Waals surface area contributed by atoms with Crippen LogP contribution in [0.1, 0.15) is 13.3 Å². The van der Waals surface area contributed by atoms with Crippen molar-refractivity contribution in [1.29, 1.82) is 0 Å². The van der Waals surface area contributed by atoms with E-state index in [-0.39, 0.29) is 0 Å². The molecule has 0 saturated heterocycles. The van der Waals surface area contributed by atoms with Gasteiger partial charge >= 0.3 is 0 Å². The Kier molecular flexibility index (Phi) is 4.21. The molecule has 0 fully saturated rings. The standard InChI is InChI=1S/C15H16BrN/c1-2-10-17-15-9-8-13(16)11-14(15)12-6-4-3-5-7-12/h3-9,11,17H,2,10H2,1H3. The van der Waals surface area contributed by atoms with Crippen molar-refractivity contribution < 1.29 is 0 Å². The predicted molar refractivity (Wildman–Crippen MR) is 78.4 cm³/mol. The first-order valence-corrected chi connectivity index (χ1v) is 6.69. The maximum absolute atomic E-state index is 3.53. The minimum absolute atomic E-state index is 1.00. The van der Waals surface area contributed by atoms with Crippen molar-refractivity contribution in [2.24, 2.45) is 0 Å². The lowest BCUT2D eigenvalue weighted by Crippen LogP contribution is -2.01. The number of anilines is 1. The third-order valence-electron chi connectivity index (χ3n) is 2.63. The Morgan fingerprint density at radius 3 is 2.53 bits per heavy atom. The van der Waals surface area contributed by atoms with Gasteiger partial charge in [0.25, 0.3) is 0 Å². The fraction of sp³-hybridized carbons (Fsp3) is 0.200. The largest absolute Gasteiger partial charge is 0.385 e. The van der Waals surface area contributed by atoms with E-state index >= 15 is 0 Å². The summed E-state index contributed by atoms with van der Waals surface area (Å²) >= 11 is 3.53. The molecule has 2 heteroatoms. The average molecular weight is 290 g/mol. The highest BCUT2D eigenvalue weighted by molar-refractivity contribution is 9.10. The Morgan fingerprint density at radius 2 is 1.82 bits per heavy atom. The molecule has 2 aromatic rings. The average Bonchev–Trinajstić information content (AvgIpc) is 2.38. The molecular weight excluding hydrogens is 274 g/mol. The van der Waals surface area contributed by atoms with Crippen LogP contribution in [0.2, 0.25) is 0 Å². The van der Waals surface area contributed by atoms with E-state index in [4.69, 9.17) is 0 Å². The van der Waals surface area contributed by atoms with Gasteiger partial charge in [0.05, 0.1) is 0 Å². The van der Waals surface area contributed by atoms with Crippen molar-refractivity contribution in [3.8, 4) is 11.1 Å². The number of benzene rings is 2. The van der Waals surface area contributed by atoms with E-state index < -0.39 is 0 Å². The quantitative estimate of drug-likeness (QED) is 0.841. The second kappa shape index (κ2) is 5.87. The molecule has 0 saturated carbocycles. The highest BCUT2D eigenvalue weighted by atomic mass is 79.9. The van der Waals surface area contributed by atoms with Crippen molar-refractivity contribution in [2.75, 3.05) is 11.9 Å². The number of hydrogen-bond donors (Lipinski definition) is 1. The van der Waals surface area contributed by atoms with Gasteiger partial charge in [0, 0.05) is 22.3 Å². The van der Waals surface area contributed by atoms with Gasteiger partial charge in [-0.2, -0.15) is 0 Å². The lowest BCUT2D eigenvalue weighted by atomic mass is 10.0. The van der Waals surface area contributed by atoms with Crippen LogP contribution in [0.4, 0.5) is 5.69 Å². The Labute approximate surface area is 111 Å². The van der Waals surface area contributed by atoms with Crippen LogP contribution in [0.15, 0.2) is 53.0 Å². The van der Waals surface area contributed by atoms with Crippen LogP contribution in [-0.4, -0.2) is 6.54 Å². The molecular formula is C15H16BrN. The Hall–Kier alpha value is -1.28. The van der Waals surface area contributed by atoms with Crippen molar-refractivity contribution in [2.45, 2.75) is 13.3 Å². The number of rotatable bonds is 4. The van der Waals surface area contributed by atoms with Crippen LogP contribution in [0.5, 0.6) is 0 Å². The highest BCUT2D eigenvalue weighted by Crippen LogP contribution is 2.30. The molecule has 0 unspecified atom stereocenters. The van der Waals surface area contributed by atoms with E-state index in [2.05, 4.69) is 70.6 Å². The Balaban J connectivity index is 2.40. The minimum atomic E-state index is 1.00. The van der Waals surface area contributed by atoms with Crippen molar-refractivity contribution >= 4 is 21.6 Å². The first kappa shape index (κ1) is 12.2. The van der Waals surface area contributed by atoms with Gasteiger partial charge in [-0.15, -0.1) is 0 Å². The van der Waals surface area contributed by atoms with Crippen molar-refractivity contribution in [3.05, 3.63) is 53.0 Å². The number of hydrogen-bond acceptors (Lipinski definition) is 1. The molecule has 0 heterocycles. The first-order chi connectivity index (χ1) is 8.31. The zero-order valence-electron chi connectivity index (χ0n) is 9.91. The van der Waals surface area contributed by atoms with Gasteiger partial charge in [0.2, 0.25) is 0 Å². The third-order valence-corrected chi connectivity index (χ3v) is 3.13. The molecule has 2 aromatic carbocycles. The highest BCUT2D eigenvalue weighted by Gasteiger charge is 2.04. The molecule has 0 amide bonds. The summed E-state index contributed by atoms with van der Waals surface area (Å²) in [5, 5.41) is 3.47. The molecule has 0 aromatic heterocycles. The van der Waals surface area contributed by atoms with Gasteiger partial charge in [-0.1, -0.05) is 53.2 Å². The van der Waals surface area contributed by atoms with Gasteiger partial charge in [0.15, 0.2) is 0 Å². The van der Waals surface area contributed by atoms with Crippen molar-refractivity contribution in [1.82, 2.24) is 0 Å². The van der Waals surface area contributed by atoms with E-state index in [1.807, 2.05) is 6.07 Å². The predicted octanol–water partition coefficient (Wildman–Crippen LogP) is 4.94. The molecule has 88 valence electrons. The smallest absolute Gasteiger partial charge is 0.0420 e. The lowest BCUT2D eigenvalue weighted by Gasteiger charge is -2.12. The summed E-state index contributed by atoms with van der Waals surface area (Å²) in [6.07, 6.45) is 1.13. The van der Waals surface area contributed by atoms with Gasteiger partial charge in [-0.25, -0.2) is 0 Å². The molecule has 2 rings (SSSR count). The minimum Gasteiger partial charge on any atom is -0.385 e. The zero-order valence-corrected chi connectivity index (χ0v) is 11.5. The summed E-state index contributed by atoms with van der Waals surface area (Å²) in [6.45, 7) is 3.18. The second-order valence-electron chi connectivity index (χ2n) is 3.98. The summed E-state index contributed by atoms with van der Waals surface area (Å²) in [4.78, 5) is 0. The van der Waals surface area contributed by atoms with Gasteiger partial charge in [-0.3, -0.25) is 0 Å². The van der Waals surface area contributed by atoms with Crippen LogP contribution in [-0.2, 0) is 0 Å². The molecule has 0 aliphatic rings. The summed E-state index contributed by atoms with van der Waals surface area (Å²) < 4.78 is 1.11. The molecule has 0 aliphatic carbocycles. The van der Waals surface area contributed by atoms with E-state index in [0.717, 1.165) is 17.4 Å². The van der Waals surface area contributed by atoms with Crippen LogP contribution >= 0.6 is 15.9 Å². The van der Waals surface area contributed by atoms with E-state index in [9.17, 15) is 0 Å². The van der Waals surface area contributed by atoms with Crippen LogP contribution in [0.25, 0.3) is 11.1 Å². The number of halogens is 1. The van der Waals surface area contributed by atoms with Crippen LogP contribution < -0.4 is 5.32 Å². The second-order valence-corrected chi connectivity index (χ2v) is 4.90. The summed E-state index contributed by atoms with van der Waals surface area (Å²) in [7, 11) is 0. The van der Waals surface area contributed by atoms with Gasteiger partial charge in [0.1, 0.15) is 0 Å². The molecule has 17 heavy (non-hydrogen) atoms. The van der Waals surface area contributed by atoms with Crippen molar-refractivity contribution in [3.63, 3.8) is 0 Å².